The lowest BCUT2D eigenvalue weighted by Crippen LogP contribution is -2.17. The van der Waals surface area contributed by atoms with Gasteiger partial charge in [0.25, 0.3) is 0 Å². The van der Waals surface area contributed by atoms with Gasteiger partial charge in [0.1, 0.15) is 0 Å². The van der Waals surface area contributed by atoms with Crippen LogP contribution in [0.2, 0.25) is 0 Å². The average molecular weight is 351 g/mol. The van der Waals surface area contributed by atoms with Crippen LogP contribution in [0.3, 0.4) is 0 Å². The molecule has 24 heavy (non-hydrogen) atoms. The van der Waals surface area contributed by atoms with Gasteiger partial charge in [-0.25, -0.2) is 0 Å². The molecule has 0 radical (unpaired) electrons. The first-order chi connectivity index (χ1) is 11.3. The van der Waals surface area contributed by atoms with Crippen LogP contribution in [0.15, 0.2) is 12.7 Å². The maximum Gasteiger partial charge on any atom is 0.302 e. The van der Waals surface area contributed by atoms with Crippen molar-refractivity contribution in [2.75, 3.05) is 47.1 Å². The molecular weight excluding hydrogens is 314 g/mol. The van der Waals surface area contributed by atoms with E-state index in [0.717, 1.165) is 32.6 Å². The highest BCUT2D eigenvalue weighted by Crippen LogP contribution is 2.04. The van der Waals surface area contributed by atoms with Crippen molar-refractivity contribution in [1.82, 2.24) is 4.90 Å². The maximum atomic E-state index is 10.5. The summed E-state index contributed by atoms with van der Waals surface area (Å²) in [6.45, 7) is 13.0. The summed E-state index contributed by atoms with van der Waals surface area (Å²) in [6, 6.07) is 0. The first kappa shape index (κ1) is 30.4. The molecule has 1 amide bonds. The van der Waals surface area contributed by atoms with Crippen molar-refractivity contribution in [2.24, 2.45) is 0 Å². The first-order valence-electron chi connectivity index (χ1n) is 7.97. The van der Waals surface area contributed by atoms with Crippen LogP contribution in [0.1, 0.15) is 40.5 Å². The van der Waals surface area contributed by atoms with Gasteiger partial charge in [-0.15, -0.1) is 6.58 Å². The highest BCUT2D eigenvalue weighted by molar-refractivity contribution is 5.77. The summed E-state index contributed by atoms with van der Waals surface area (Å²) in [5.41, 5.74) is 0. The molecule has 7 nitrogen and oxygen atoms in total. The summed E-state index contributed by atoms with van der Waals surface area (Å²) in [4.78, 5) is 21.9. The Bertz CT molecular complexity index is 268. The number of ether oxygens (including phenoxy) is 2. The molecule has 0 aliphatic carbocycles. The highest BCUT2D eigenvalue weighted by atomic mass is 16.5. The van der Waals surface area contributed by atoms with Crippen LogP contribution in [0.5, 0.6) is 0 Å². The van der Waals surface area contributed by atoms with E-state index in [2.05, 4.69) is 11.3 Å². The Morgan fingerprint density at radius 2 is 1.67 bits per heavy atom. The summed E-state index contributed by atoms with van der Waals surface area (Å²) in [6.07, 6.45) is 3.56. The molecule has 146 valence electrons. The van der Waals surface area contributed by atoms with Crippen LogP contribution < -0.4 is 0 Å². The number of likely N-dealkylation sites (tertiary alicyclic amines) is 1. The minimum atomic E-state index is -0.245. The van der Waals surface area contributed by atoms with Gasteiger partial charge in [-0.3, -0.25) is 9.59 Å². The number of carbonyl (C=O) groups excluding carboxylic acids is 2. The summed E-state index contributed by atoms with van der Waals surface area (Å²) in [5, 5.41) is 15.2. The number of hydrogen-bond donors (Lipinski definition) is 2. The molecule has 2 N–H and O–H groups in total. The molecule has 0 aromatic heterocycles. The van der Waals surface area contributed by atoms with Gasteiger partial charge in [0, 0.05) is 40.2 Å². The molecule has 7 heteroatoms. The summed E-state index contributed by atoms with van der Waals surface area (Å²) >= 11 is 0. The van der Waals surface area contributed by atoms with Crippen molar-refractivity contribution in [2.45, 2.75) is 40.5 Å². The molecule has 1 rings (SSSR count). The number of nitrogens with zero attached hydrogens (tertiary/aromatic N) is 1. The Morgan fingerprint density at radius 1 is 1.29 bits per heavy atom. The number of amides is 1. The van der Waals surface area contributed by atoms with Crippen molar-refractivity contribution >= 4 is 11.9 Å². The van der Waals surface area contributed by atoms with Gasteiger partial charge in [0.15, 0.2) is 0 Å². The third-order valence-electron chi connectivity index (χ3n) is 2.11. The van der Waals surface area contributed by atoms with E-state index in [9.17, 15) is 9.59 Å². The Kier molecular flexibility index (Phi) is 37.5. The van der Waals surface area contributed by atoms with E-state index in [1.165, 1.54) is 14.0 Å². The molecule has 0 bridgehead atoms. The molecule has 0 spiro atoms. The zero-order valence-corrected chi connectivity index (χ0v) is 16.2. The number of aliphatic hydroxyl groups excluding tert-OH is 2. The molecule has 0 aromatic carbocycles. The lowest BCUT2D eigenvalue weighted by molar-refractivity contribution is -0.138. The second-order valence-corrected chi connectivity index (χ2v) is 4.25. The third kappa shape index (κ3) is 42.8. The number of rotatable bonds is 3. The summed E-state index contributed by atoms with van der Waals surface area (Å²) in [5.74, 6) is 0.0463. The topological polar surface area (TPSA) is 96.3 Å². The number of aliphatic hydroxyl groups is 2. The predicted molar refractivity (Wildman–Crippen MR) is 96.8 cm³/mol. The summed E-state index contributed by atoms with van der Waals surface area (Å²) < 4.78 is 8.94. The quantitative estimate of drug-likeness (QED) is 0.592. The monoisotopic (exact) mass is 351 g/mol. The van der Waals surface area contributed by atoms with Gasteiger partial charge >= 0.3 is 5.97 Å². The van der Waals surface area contributed by atoms with E-state index in [1.807, 2.05) is 27.8 Å². The van der Waals surface area contributed by atoms with E-state index < -0.39 is 0 Å². The Balaban J connectivity index is -0.000000108. The van der Waals surface area contributed by atoms with Crippen molar-refractivity contribution in [3.05, 3.63) is 12.7 Å². The van der Waals surface area contributed by atoms with Crippen molar-refractivity contribution < 1.29 is 29.3 Å². The zero-order chi connectivity index (χ0) is 19.8. The zero-order valence-electron chi connectivity index (χ0n) is 16.2. The summed E-state index contributed by atoms with van der Waals surface area (Å²) in [7, 11) is 3.19. The van der Waals surface area contributed by atoms with Gasteiger partial charge in [-0.1, -0.05) is 6.08 Å². The number of allylic oxidation sites excluding steroid dienone is 1. The van der Waals surface area contributed by atoms with Gasteiger partial charge < -0.3 is 24.6 Å². The molecule has 0 unspecified atom stereocenters. The molecule has 1 aliphatic rings. The maximum absolute atomic E-state index is 10.5. The Labute approximate surface area is 147 Å². The molecule has 1 saturated heterocycles. The lowest BCUT2D eigenvalue weighted by Gasteiger charge is -2.03. The standard InChI is InChI=1S/C5H9NO.C4H10O.C3H6O2.C3H6.C2H6O2/c1-6-4-2-3-5(6)7;1-3-5-4-2;1-3(4)5-2;1-3-2;3-1-2-4/h2-4H2,1H3;3-4H2,1-2H3;1-2H3;3H,1H2,2H3;3-4H,1-2H2. The minimum Gasteiger partial charge on any atom is -0.469 e. The van der Waals surface area contributed by atoms with Crippen molar-refractivity contribution in [1.29, 1.82) is 0 Å². The highest BCUT2D eigenvalue weighted by Gasteiger charge is 2.14. The van der Waals surface area contributed by atoms with E-state index in [4.69, 9.17) is 14.9 Å². The fourth-order valence-electron chi connectivity index (χ4n) is 0.987. The molecule has 1 fully saturated rings. The first-order valence-corrected chi connectivity index (χ1v) is 7.97. The molecule has 1 aliphatic heterocycles. The van der Waals surface area contributed by atoms with Crippen molar-refractivity contribution in [3.8, 4) is 0 Å². The number of hydrogen-bond acceptors (Lipinski definition) is 6. The number of methoxy groups -OCH3 is 1. The minimum absolute atomic E-state index is 0.125. The smallest absolute Gasteiger partial charge is 0.302 e. The normalized spacial score (nSPS) is 11.2. The van der Waals surface area contributed by atoms with E-state index >= 15 is 0 Å². The molecular formula is C17H37NO6. The van der Waals surface area contributed by atoms with Gasteiger partial charge in [0.2, 0.25) is 5.91 Å². The fraction of sp³-hybridized carbons (Fsp3) is 0.765. The van der Waals surface area contributed by atoms with Crippen LogP contribution in [0, 0.1) is 0 Å². The molecule has 0 atom stereocenters. The van der Waals surface area contributed by atoms with Crippen LogP contribution in [-0.2, 0) is 19.1 Å². The van der Waals surface area contributed by atoms with E-state index in [1.54, 1.807) is 11.0 Å². The molecule has 0 aromatic rings. The second-order valence-electron chi connectivity index (χ2n) is 4.25. The molecule has 1 heterocycles. The van der Waals surface area contributed by atoms with Gasteiger partial charge in [-0.05, 0) is 27.2 Å². The fourth-order valence-corrected chi connectivity index (χ4v) is 0.987. The van der Waals surface area contributed by atoms with E-state index in [-0.39, 0.29) is 19.2 Å². The van der Waals surface area contributed by atoms with Crippen molar-refractivity contribution in [3.63, 3.8) is 0 Å². The van der Waals surface area contributed by atoms with Gasteiger partial charge in [-0.2, -0.15) is 0 Å². The average Bonchev–Trinajstić information content (AvgIpc) is 2.94. The largest absolute Gasteiger partial charge is 0.469 e. The number of carbonyl (C=O) groups is 2. The van der Waals surface area contributed by atoms with Crippen LogP contribution >= 0.6 is 0 Å². The Hall–Kier alpha value is -1.44. The number of esters is 1. The molecule has 0 saturated carbocycles. The SMILES string of the molecule is C=CC.CCOCC.CN1CCCC1=O.COC(C)=O.OCCO. The third-order valence-corrected chi connectivity index (χ3v) is 2.11. The lowest BCUT2D eigenvalue weighted by atomic mass is 10.4. The van der Waals surface area contributed by atoms with Gasteiger partial charge in [0.05, 0.1) is 20.3 Å². The van der Waals surface area contributed by atoms with Crippen LogP contribution in [0.4, 0.5) is 0 Å². The van der Waals surface area contributed by atoms with Crippen LogP contribution in [-0.4, -0.2) is 74.1 Å². The van der Waals surface area contributed by atoms with E-state index in [0.29, 0.717) is 5.91 Å². The second kappa shape index (κ2) is 29.6. The Morgan fingerprint density at radius 3 is 1.71 bits per heavy atom. The van der Waals surface area contributed by atoms with Crippen LogP contribution in [0.25, 0.3) is 0 Å². The predicted octanol–water partition coefficient (Wildman–Crippen LogP) is 1.62.